The molecule has 2 aromatic carbocycles. The molecule has 1 amide bonds. The van der Waals surface area contributed by atoms with Gasteiger partial charge in [-0.25, -0.2) is 4.79 Å². The SMILES string of the molecule is Cn1cc(C(O)(c2ccc(NC(=O)OC3CCC3)c(C=N)c2)C(F)(F)F)c2ccccc21. The van der Waals surface area contributed by atoms with Crippen molar-refractivity contribution in [1.82, 2.24) is 4.57 Å². The lowest BCUT2D eigenvalue weighted by Gasteiger charge is -2.31. The topological polar surface area (TPSA) is 87.3 Å². The Kier molecular flexibility index (Phi) is 5.46. The molecule has 3 aromatic rings. The van der Waals surface area contributed by atoms with Crippen LogP contribution in [0.15, 0.2) is 48.7 Å². The number of benzene rings is 2. The molecule has 1 unspecified atom stereocenters. The Balaban J connectivity index is 1.77. The highest BCUT2D eigenvalue weighted by Gasteiger charge is 2.57. The van der Waals surface area contributed by atoms with Crippen LogP contribution in [0.1, 0.15) is 36.0 Å². The number of nitrogens with one attached hydrogen (secondary N) is 2. The number of aryl methyl sites for hydroxylation is 1. The summed E-state index contributed by atoms with van der Waals surface area (Å²) in [6.45, 7) is 0. The molecule has 0 bridgehead atoms. The molecule has 1 aliphatic rings. The van der Waals surface area contributed by atoms with Gasteiger partial charge < -0.3 is 19.8 Å². The van der Waals surface area contributed by atoms with E-state index in [9.17, 15) is 23.1 Å². The van der Waals surface area contributed by atoms with Gasteiger partial charge in [0.2, 0.25) is 5.60 Å². The molecule has 1 aromatic heterocycles. The Morgan fingerprint density at radius 2 is 1.97 bits per heavy atom. The third-order valence-electron chi connectivity index (χ3n) is 5.88. The predicted octanol–water partition coefficient (Wildman–Crippen LogP) is 5.08. The normalized spacial score (nSPS) is 16.3. The molecule has 0 saturated heterocycles. The maximum absolute atomic E-state index is 14.3. The second-order valence-corrected chi connectivity index (χ2v) is 7.91. The van der Waals surface area contributed by atoms with Crippen LogP contribution < -0.4 is 5.32 Å². The molecule has 6 nitrogen and oxygen atoms in total. The molecule has 1 aliphatic carbocycles. The third-order valence-corrected chi connectivity index (χ3v) is 5.88. The van der Waals surface area contributed by atoms with E-state index >= 15 is 0 Å². The number of fused-ring (bicyclic) bond motifs is 1. The molecule has 32 heavy (non-hydrogen) atoms. The number of aromatic nitrogens is 1. The van der Waals surface area contributed by atoms with Crippen LogP contribution >= 0.6 is 0 Å². The highest BCUT2D eigenvalue weighted by atomic mass is 19.4. The summed E-state index contributed by atoms with van der Waals surface area (Å²) in [6, 6.07) is 9.88. The number of hydrogen-bond donors (Lipinski definition) is 3. The Morgan fingerprint density at radius 1 is 1.25 bits per heavy atom. The minimum Gasteiger partial charge on any atom is -0.446 e. The van der Waals surface area contributed by atoms with Crippen LogP contribution in [-0.2, 0) is 17.4 Å². The smallest absolute Gasteiger partial charge is 0.425 e. The minimum atomic E-state index is -5.05. The van der Waals surface area contributed by atoms with Crippen LogP contribution in [0.2, 0.25) is 0 Å². The van der Waals surface area contributed by atoms with E-state index in [2.05, 4.69) is 5.32 Å². The molecule has 1 heterocycles. The van der Waals surface area contributed by atoms with Crippen molar-refractivity contribution >= 4 is 28.9 Å². The van der Waals surface area contributed by atoms with Crippen molar-refractivity contribution in [2.75, 3.05) is 5.32 Å². The molecule has 0 aliphatic heterocycles. The predicted molar refractivity (Wildman–Crippen MR) is 114 cm³/mol. The fraction of sp³-hybridized carbons (Fsp3) is 0.304. The van der Waals surface area contributed by atoms with Gasteiger partial charge in [-0.2, -0.15) is 13.2 Å². The second-order valence-electron chi connectivity index (χ2n) is 7.91. The maximum Gasteiger partial charge on any atom is 0.425 e. The summed E-state index contributed by atoms with van der Waals surface area (Å²) in [5, 5.41) is 21.5. The number of carbonyl (C=O) groups is 1. The summed E-state index contributed by atoms with van der Waals surface area (Å²) in [7, 11) is 1.60. The highest BCUT2D eigenvalue weighted by Crippen LogP contribution is 2.47. The summed E-state index contributed by atoms with van der Waals surface area (Å²) in [5.74, 6) is 0. The molecule has 1 fully saturated rings. The van der Waals surface area contributed by atoms with Gasteiger partial charge in [0.05, 0.1) is 5.69 Å². The number of nitrogens with zero attached hydrogens (tertiary/aromatic N) is 1. The zero-order valence-electron chi connectivity index (χ0n) is 17.2. The van der Waals surface area contributed by atoms with Crippen molar-refractivity contribution in [3.05, 3.63) is 65.4 Å². The van der Waals surface area contributed by atoms with E-state index in [1.807, 2.05) is 0 Å². The minimum absolute atomic E-state index is 0.0102. The zero-order chi connectivity index (χ0) is 23.1. The largest absolute Gasteiger partial charge is 0.446 e. The van der Waals surface area contributed by atoms with Crippen LogP contribution in [0.3, 0.4) is 0 Å². The lowest BCUT2D eigenvalue weighted by atomic mass is 9.84. The number of para-hydroxylation sites is 1. The number of alkyl halides is 3. The Morgan fingerprint density at radius 3 is 2.59 bits per heavy atom. The maximum atomic E-state index is 14.3. The molecule has 3 N–H and O–H groups in total. The van der Waals surface area contributed by atoms with Crippen molar-refractivity contribution in [3.63, 3.8) is 0 Å². The van der Waals surface area contributed by atoms with E-state index in [0.29, 0.717) is 5.52 Å². The quantitative estimate of drug-likeness (QED) is 0.479. The lowest BCUT2D eigenvalue weighted by Crippen LogP contribution is -2.43. The van der Waals surface area contributed by atoms with Crippen molar-refractivity contribution in [1.29, 1.82) is 5.41 Å². The Labute approximate surface area is 182 Å². The molecule has 4 rings (SSSR count). The first-order valence-corrected chi connectivity index (χ1v) is 10.1. The Bertz CT molecular complexity index is 1180. The van der Waals surface area contributed by atoms with Gasteiger partial charge in [0.1, 0.15) is 6.10 Å². The summed E-state index contributed by atoms with van der Waals surface area (Å²) in [5.41, 5.74) is -3.43. The van der Waals surface area contributed by atoms with E-state index in [4.69, 9.17) is 10.1 Å². The van der Waals surface area contributed by atoms with Crippen molar-refractivity contribution in [3.8, 4) is 0 Å². The average molecular weight is 445 g/mol. The van der Waals surface area contributed by atoms with Gasteiger partial charge in [0.25, 0.3) is 0 Å². The molecule has 9 heteroatoms. The van der Waals surface area contributed by atoms with Crippen LogP contribution in [0.4, 0.5) is 23.7 Å². The van der Waals surface area contributed by atoms with Crippen molar-refractivity contribution < 1.29 is 27.8 Å². The zero-order valence-corrected chi connectivity index (χ0v) is 17.2. The summed E-state index contributed by atoms with van der Waals surface area (Å²) in [6.07, 6.45) is -1.35. The summed E-state index contributed by atoms with van der Waals surface area (Å²) in [4.78, 5) is 12.1. The molecule has 0 radical (unpaired) electrons. The van der Waals surface area contributed by atoms with Gasteiger partial charge >= 0.3 is 12.3 Å². The number of hydrogen-bond acceptors (Lipinski definition) is 4. The molecule has 1 atom stereocenters. The van der Waals surface area contributed by atoms with Gasteiger partial charge in [0, 0.05) is 41.5 Å². The number of amides is 1. The monoisotopic (exact) mass is 445 g/mol. The van der Waals surface area contributed by atoms with Crippen molar-refractivity contribution in [2.45, 2.75) is 37.1 Å². The molecule has 168 valence electrons. The summed E-state index contributed by atoms with van der Waals surface area (Å²) >= 11 is 0. The molecular weight excluding hydrogens is 423 g/mol. The van der Waals surface area contributed by atoms with Crippen LogP contribution in [0.25, 0.3) is 10.9 Å². The average Bonchev–Trinajstić information content (AvgIpc) is 3.07. The standard InChI is InChI=1S/C23H22F3N3O3/c1-29-13-18(17-7-2-3-8-20(17)29)22(31,23(24,25)26)15-9-10-19(14(11-15)12-27)28-21(30)32-16-5-4-6-16/h2-3,7-13,16,27,31H,4-6H2,1H3,(H,28,30). The van der Waals surface area contributed by atoms with Gasteiger partial charge in [-0.15, -0.1) is 0 Å². The number of ether oxygens (including phenoxy) is 1. The fourth-order valence-corrected chi connectivity index (χ4v) is 3.90. The third kappa shape index (κ3) is 3.62. The van der Waals surface area contributed by atoms with E-state index < -0.39 is 23.4 Å². The van der Waals surface area contributed by atoms with Gasteiger partial charge in [-0.05, 0) is 43.0 Å². The molecule has 0 spiro atoms. The number of halogens is 3. The van der Waals surface area contributed by atoms with Gasteiger partial charge in [-0.1, -0.05) is 24.3 Å². The van der Waals surface area contributed by atoms with E-state index in [1.54, 1.807) is 25.2 Å². The van der Waals surface area contributed by atoms with Gasteiger partial charge in [-0.3, -0.25) is 5.32 Å². The van der Waals surface area contributed by atoms with Gasteiger partial charge in [0.15, 0.2) is 0 Å². The van der Waals surface area contributed by atoms with Crippen LogP contribution in [0, 0.1) is 5.41 Å². The molecular formula is C23H22F3N3O3. The molecule has 1 saturated carbocycles. The first-order chi connectivity index (χ1) is 15.1. The number of anilines is 1. The highest BCUT2D eigenvalue weighted by molar-refractivity contribution is 5.94. The van der Waals surface area contributed by atoms with E-state index in [1.165, 1.54) is 22.9 Å². The number of rotatable bonds is 5. The van der Waals surface area contributed by atoms with Crippen molar-refractivity contribution in [2.24, 2.45) is 7.05 Å². The van der Waals surface area contributed by atoms with E-state index in [-0.39, 0.29) is 28.3 Å². The number of carbonyl (C=O) groups excluding carboxylic acids is 1. The Hall–Kier alpha value is -3.33. The fourth-order valence-electron chi connectivity index (χ4n) is 3.90. The lowest BCUT2D eigenvalue weighted by molar-refractivity contribution is -0.247. The summed E-state index contributed by atoms with van der Waals surface area (Å²) < 4.78 is 49.7. The first-order valence-electron chi connectivity index (χ1n) is 10.1. The van der Waals surface area contributed by atoms with Crippen LogP contribution in [-0.4, -0.2) is 34.3 Å². The first kappa shape index (κ1) is 21.9. The second kappa shape index (κ2) is 7.98. The number of aliphatic hydroxyl groups is 1. The van der Waals surface area contributed by atoms with Crippen LogP contribution in [0.5, 0.6) is 0 Å². The van der Waals surface area contributed by atoms with E-state index in [0.717, 1.165) is 37.6 Å².